The topological polar surface area (TPSA) is 56.8 Å². The van der Waals surface area contributed by atoms with Gasteiger partial charge in [-0.1, -0.05) is 13.8 Å². The molecule has 0 unspecified atom stereocenters. The Hall–Kier alpha value is -2.69. The molecule has 0 atom stereocenters. The molecule has 5 nitrogen and oxygen atoms in total. The first-order valence-electron chi connectivity index (χ1n) is 7.86. The van der Waals surface area contributed by atoms with Crippen molar-refractivity contribution in [2.75, 3.05) is 25.6 Å². The molecule has 128 valence electrons. The van der Waals surface area contributed by atoms with Crippen molar-refractivity contribution in [1.29, 1.82) is 0 Å². The second-order valence-corrected chi connectivity index (χ2v) is 5.74. The smallest absolute Gasteiger partial charge is 0.262 e. The molecular weight excluding hydrogens is 306 g/mol. The molecule has 2 rings (SSSR count). The molecule has 0 aromatic heterocycles. The third-order valence-corrected chi connectivity index (χ3v) is 3.15. The number of ether oxygens (including phenoxy) is 3. The predicted octanol–water partition coefficient (Wildman–Crippen LogP) is 3.75. The highest BCUT2D eigenvalue weighted by Crippen LogP contribution is 2.18. The Morgan fingerprint density at radius 2 is 1.46 bits per heavy atom. The Bertz CT molecular complexity index is 635. The van der Waals surface area contributed by atoms with Gasteiger partial charge in [-0.15, -0.1) is 0 Å². The van der Waals surface area contributed by atoms with Crippen molar-refractivity contribution in [3.8, 4) is 17.2 Å². The first-order valence-corrected chi connectivity index (χ1v) is 7.86. The van der Waals surface area contributed by atoms with E-state index in [9.17, 15) is 4.79 Å². The maximum absolute atomic E-state index is 11.9. The number of hydrogen-bond donors (Lipinski definition) is 1. The Morgan fingerprint density at radius 1 is 0.917 bits per heavy atom. The van der Waals surface area contributed by atoms with Gasteiger partial charge in [0.1, 0.15) is 17.2 Å². The first kappa shape index (κ1) is 17.7. The van der Waals surface area contributed by atoms with E-state index in [-0.39, 0.29) is 12.5 Å². The minimum absolute atomic E-state index is 0.0573. The van der Waals surface area contributed by atoms with Gasteiger partial charge in [0.2, 0.25) is 0 Å². The van der Waals surface area contributed by atoms with Gasteiger partial charge in [0.05, 0.1) is 13.7 Å². The molecular formula is C19H23NO4. The molecule has 0 bridgehead atoms. The van der Waals surface area contributed by atoms with E-state index >= 15 is 0 Å². The van der Waals surface area contributed by atoms with Gasteiger partial charge in [0.15, 0.2) is 6.61 Å². The lowest BCUT2D eigenvalue weighted by molar-refractivity contribution is -0.118. The highest BCUT2D eigenvalue weighted by molar-refractivity contribution is 5.91. The van der Waals surface area contributed by atoms with Crippen LogP contribution in [0, 0.1) is 5.92 Å². The van der Waals surface area contributed by atoms with E-state index < -0.39 is 0 Å². The minimum Gasteiger partial charge on any atom is -0.497 e. The molecule has 24 heavy (non-hydrogen) atoms. The largest absolute Gasteiger partial charge is 0.497 e. The van der Waals surface area contributed by atoms with E-state index in [1.165, 1.54) is 0 Å². The Balaban J connectivity index is 1.78. The van der Waals surface area contributed by atoms with E-state index in [0.717, 1.165) is 11.5 Å². The number of amides is 1. The van der Waals surface area contributed by atoms with E-state index in [2.05, 4.69) is 19.2 Å². The van der Waals surface area contributed by atoms with Crippen LogP contribution in [0.1, 0.15) is 13.8 Å². The van der Waals surface area contributed by atoms with E-state index in [1.807, 2.05) is 12.1 Å². The van der Waals surface area contributed by atoms with Crippen LogP contribution >= 0.6 is 0 Å². The molecule has 0 saturated carbocycles. The van der Waals surface area contributed by atoms with Crippen molar-refractivity contribution in [1.82, 2.24) is 0 Å². The lowest BCUT2D eigenvalue weighted by Gasteiger charge is -2.10. The van der Waals surface area contributed by atoms with Gasteiger partial charge in [-0.3, -0.25) is 4.79 Å². The molecule has 2 aromatic carbocycles. The quantitative estimate of drug-likeness (QED) is 0.801. The number of carbonyl (C=O) groups excluding carboxylic acids is 1. The summed E-state index contributed by atoms with van der Waals surface area (Å²) in [6.07, 6.45) is 0. The Labute approximate surface area is 142 Å². The lowest BCUT2D eigenvalue weighted by Crippen LogP contribution is -2.20. The summed E-state index contributed by atoms with van der Waals surface area (Å²) in [5.74, 6) is 2.41. The van der Waals surface area contributed by atoms with Gasteiger partial charge in [0.25, 0.3) is 5.91 Å². The summed E-state index contributed by atoms with van der Waals surface area (Å²) in [6, 6.07) is 14.4. The number of rotatable bonds is 8. The molecule has 0 aliphatic rings. The van der Waals surface area contributed by atoms with Crippen molar-refractivity contribution in [2.45, 2.75) is 13.8 Å². The molecule has 0 aliphatic carbocycles. The summed E-state index contributed by atoms with van der Waals surface area (Å²) in [5.41, 5.74) is 0.696. The van der Waals surface area contributed by atoms with Crippen LogP contribution in [0.25, 0.3) is 0 Å². The number of anilines is 1. The monoisotopic (exact) mass is 329 g/mol. The van der Waals surface area contributed by atoms with Crippen LogP contribution in [-0.2, 0) is 4.79 Å². The van der Waals surface area contributed by atoms with Gasteiger partial charge in [-0.2, -0.15) is 0 Å². The molecule has 0 saturated heterocycles. The normalized spacial score (nSPS) is 10.3. The summed E-state index contributed by atoms with van der Waals surface area (Å²) in [7, 11) is 1.60. The molecule has 0 spiro atoms. The van der Waals surface area contributed by atoms with Crippen LogP contribution in [0.4, 0.5) is 5.69 Å². The summed E-state index contributed by atoms with van der Waals surface area (Å²) < 4.78 is 16.1. The third-order valence-electron chi connectivity index (χ3n) is 3.15. The molecule has 1 amide bonds. The minimum atomic E-state index is -0.222. The second-order valence-electron chi connectivity index (χ2n) is 5.74. The summed E-state index contributed by atoms with van der Waals surface area (Å²) in [5, 5.41) is 2.76. The van der Waals surface area contributed by atoms with E-state index in [1.54, 1.807) is 43.5 Å². The van der Waals surface area contributed by atoms with Gasteiger partial charge in [-0.25, -0.2) is 0 Å². The Morgan fingerprint density at radius 3 is 2.00 bits per heavy atom. The van der Waals surface area contributed by atoms with Crippen LogP contribution in [-0.4, -0.2) is 26.2 Å². The number of methoxy groups -OCH3 is 1. The molecule has 5 heteroatoms. The molecule has 2 aromatic rings. The first-order chi connectivity index (χ1) is 11.6. The van der Waals surface area contributed by atoms with Crippen LogP contribution < -0.4 is 19.5 Å². The fourth-order valence-electron chi connectivity index (χ4n) is 1.92. The van der Waals surface area contributed by atoms with Crippen molar-refractivity contribution in [3.05, 3.63) is 48.5 Å². The van der Waals surface area contributed by atoms with Gasteiger partial charge < -0.3 is 19.5 Å². The third kappa shape index (κ3) is 5.83. The van der Waals surface area contributed by atoms with Crippen LogP contribution in [0.5, 0.6) is 17.2 Å². The van der Waals surface area contributed by atoms with Crippen molar-refractivity contribution < 1.29 is 19.0 Å². The fraction of sp³-hybridized carbons (Fsp3) is 0.316. The second kappa shape index (κ2) is 8.82. The summed E-state index contributed by atoms with van der Waals surface area (Å²) >= 11 is 0. The van der Waals surface area contributed by atoms with Gasteiger partial charge in [0, 0.05) is 5.69 Å². The van der Waals surface area contributed by atoms with Gasteiger partial charge in [-0.05, 0) is 54.4 Å². The highest BCUT2D eigenvalue weighted by atomic mass is 16.5. The molecule has 0 heterocycles. The average Bonchev–Trinajstić information content (AvgIpc) is 2.59. The zero-order chi connectivity index (χ0) is 17.4. The SMILES string of the molecule is COc1ccc(NC(=O)COc2ccc(OCC(C)C)cc2)cc1. The maximum atomic E-state index is 11.9. The molecule has 1 N–H and O–H groups in total. The Kier molecular flexibility index (Phi) is 6.49. The zero-order valence-corrected chi connectivity index (χ0v) is 14.2. The van der Waals surface area contributed by atoms with E-state index in [4.69, 9.17) is 14.2 Å². The van der Waals surface area contributed by atoms with Crippen LogP contribution in [0.2, 0.25) is 0 Å². The van der Waals surface area contributed by atoms with Crippen LogP contribution in [0.3, 0.4) is 0 Å². The molecule has 0 radical (unpaired) electrons. The summed E-state index contributed by atoms with van der Waals surface area (Å²) in [4.78, 5) is 11.9. The average molecular weight is 329 g/mol. The highest BCUT2D eigenvalue weighted by Gasteiger charge is 2.05. The fourth-order valence-corrected chi connectivity index (χ4v) is 1.92. The number of nitrogens with one attached hydrogen (secondary N) is 1. The van der Waals surface area contributed by atoms with E-state index in [0.29, 0.717) is 24.0 Å². The van der Waals surface area contributed by atoms with Crippen LogP contribution in [0.15, 0.2) is 48.5 Å². The predicted molar refractivity (Wildman–Crippen MR) is 93.9 cm³/mol. The molecule has 0 fully saturated rings. The zero-order valence-electron chi connectivity index (χ0n) is 14.2. The van der Waals surface area contributed by atoms with Crippen molar-refractivity contribution in [3.63, 3.8) is 0 Å². The maximum Gasteiger partial charge on any atom is 0.262 e. The summed E-state index contributed by atoms with van der Waals surface area (Å²) in [6.45, 7) is 4.81. The number of carbonyl (C=O) groups is 1. The van der Waals surface area contributed by atoms with Crippen molar-refractivity contribution in [2.24, 2.45) is 5.92 Å². The standard InChI is InChI=1S/C19H23NO4/c1-14(2)12-23-17-8-10-18(11-9-17)24-13-19(21)20-15-4-6-16(22-3)7-5-15/h4-11,14H,12-13H2,1-3H3,(H,20,21). The number of benzene rings is 2. The number of hydrogen-bond acceptors (Lipinski definition) is 4. The van der Waals surface area contributed by atoms with Gasteiger partial charge >= 0.3 is 0 Å². The molecule has 0 aliphatic heterocycles. The lowest BCUT2D eigenvalue weighted by atomic mass is 10.2. The van der Waals surface area contributed by atoms with Crippen molar-refractivity contribution >= 4 is 11.6 Å².